The lowest BCUT2D eigenvalue weighted by Crippen LogP contribution is -2.31. The van der Waals surface area contributed by atoms with Crippen molar-refractivity contribution in [3.63, 3.8) is 0 Å². The van der Waals surface area contributed by atoms with Gasteiger partial charge in [-0.05, 0) is 30.5 Å². The third-order valence-electron chi connectivity index (χ3n) is 3.11. The number of rotatable bonds is 3. The Balaban J connectivity index is 2.04. The first-order valence-electron chi connectivity index (χ1n) is 6.04. The minimum atomic E-state index is -1.45. The molecule has 0 amide bonds. The SMILES string of the molecule is O=C(O)C(F)=C1CCCN(Cc2ccccc2)C1. The van der Waals surface area contributed by atoms with E-state index in [0.717, 1.165) is 25.1 Å². The van der Waals surface area contributed by atoms with Crippen LogP contribution >= 0.6 is 0 Å². The van der Waals surface area contributed by atoms with Crippen molar-refractivity contribution in [2.75, 3.05) is 13.1 Å². The van der Waals surface area contributed by atoms with E-state index in [1.165, 1.54) is 0 Å². The van der Waals surface area contributed by atoms with E-state index in [1.54, 1.807) is 0 Å². The zero-order chi connectivity index (χ0) is 13.0. The number of nitrogens with zero attached hydrogens (tertiary/aromatic N) is 1. The Morgan fingerprint density at radius 3 is 2.72 bits per heavy atom. The van der Waals surface area contributed by atoms with Crippen molar-refractivity contribution in [2.45, 2.75) is 19.4 Å². The van der Waals surface area contributed by atoms with Gasteiger partial charge in [0.15, 0.2) is 0 Å². The molecule has 1 saturated heterocycles. The van der Waals surface area contributed by atoms with E-state index >= 15 is 0 Å². The summed E-state index contributed by atoms with van der Waals surface area (Å²) < 4.78 is 13.4. The minimum absolute atomic E-state index is 0.407. The first kappa shape index (κ1) is 12.8. The van der Waals surface area contributed by atoms with Gasteiger partial charge in [-0.25, -0.2) is 4.79 Å². The molecule has 0 aromatic heterocycles. The molecule has 3 nitrogen and oxygen atoms in total. The summed E-state index contributed by atoms with van der Waals surface area (Å²) in [5, 5.41) is 8.66. The molecular formula is C14H16FNO2. The summed E-state index contributed by atoms with van der Waals surface area (Å²) in [7, 11) is 0. The molecule has 2 rings (SSSR count). The van der Waals surface area contributed by atoms with Crippen molar-refractivity contribution in [1.29, 1.82) is 0 Å². The van der Waals surface area contributed by atoms with Crippen LogP contribution in [0.3, 0.4) is 0 Å². The maximum Gasteiger partial charge on any atom is 0.364 e. The van der Waals surface area contributed by atoms with Gasteiger partial charge >= 0.3 is 5.97 Å². The normalized spacial score (nSPS) is 19.6. The summed E-state index contributed by atoms with van der Waals surface area (Å²) in [5.41, 5.74) is 1.57. The third kappa shape index (κ3) is 3.17. The second-order valence-electron chi connectivity index (χ2n) is 4.52. The molecule has 1 aliphatic heterocycles. The summed E-state index contributed by atoms with van der Waals surface area (Å²) in [6.45, 7) is 2.02. The molecule has 1 aliphatic rings. The van der Waals surface area contributed by atoms with Crippen molar-refractivity contribution in [3.8, 4) is 0 Å². The van der Waals surface area contributed by atoms with Crippen LogP contribution in [-0.2, 0) is 11.3 Å². The van der Waals surface area contributed by atoms with Crippen LogP contribution in [0.4, 0.5) is 4.39 Å². The maximum atomic E-state index is 13.4. The van der Waals surface area contributed by atoms with Gasteiger partial charge in [0.2, 0.25) is 5.83 Å². The van der Waals surface area contributed by atoms with E-state index in [1.807, 2.05) is 30.3 Å². The molecule has 1 heterocycles. The fraction of sp³-hybridized carbons (Fsp3) is 0.357. The van der Waals surface area contributed by atoms with Crippen LogP contribution < -0.4 is 0 Å². The number of benzene rings is 1. The lowest BCUT2D eigenvalue weighted by molar-refractivity contribution is -0.134. The molecule has 0 bridgehead atoms. The molecule has 0 aliphatic carbocycles. The molecule has 0 spiro atoms. The van der Waals surface area contributed by atoms with Gasteiger partial charge in [0.1, 0.15) is 0 Å². The molecule has 0 saturated carbocycles. The average molecular weight is 249 g/mol. The maximum absolute atomic E-state index is 13.4. The van der Waals surface area contributed by atoms with Gasteiger partial charge in [-0.2, -0.15) is 4.39 Å². The number of hydrogen-bond acceptors (Lipinski definition) is 2. The first-order valence-corrected chi connectivity index (χ1v) is 6.04. The molecule has 0 atom stereocenters. The molecule has 96 valence electrons. The van der Waals surface area contributed by atoms with Gasteiger partial charge in [0.25, 0.3) is 0 Å². The molecule has 0 unspecified atom stereocenters. The fourth-order valence-corrected chi connectivity index (χ4v) is 2.25. The first-order chi connectivity index (χ1) is 8.66. The summed E-state index contributed by atoms with van der Waals surface area (Å²) in [4.78, 5) is 12.7. The number of carboxylic acid groups (broad SMARTS) is 1. The van der Waals surface area contributed by atoms with E-state index < -0.39 is 11.8 Å². The van der Waals surface area contributed by atoms with Crippen molar-refractivity contribution < 1.29 is 14.3 Å². The van der Waals surface area contributed by atoms with Crippen LogP contribution in [-0.4, -0.2) is 29.1 Å². The Morgan fingerprint density at radius 1 is 1.33 bits per heavy atom. The van der Waals surface area contributed by atoms with E-state index in [9.17, 15) is 9.18 Å². The van der Waals surface area contributed by atoms with Crippen LogP contribution in [0.2, 0.25) is 0 Å². The van der Waals surface area contributed by atoms with E-state index in [2.05, 4.69) is 4.90 Å². The van der Waals surface area contributed by atoms with Crippen LogP contribution in [0, 0.1) is 0 Å². The Morgan fingerprint density at radius 2 is 2.06 bits per heavy atom. The van der Waals surface area contributed by atoms with E-state index in [-0.39, 0.29) is 0 Å². The molecule has 1 aromatic carbocycles. The van der Waals surface area contributed by atoms with Gasteiger partial charge in [0, 0.05) is 13.1 Å². The number of piperidine rings is 1. The lowest BCUT2D eigenvalue weighted by atomic mass is 10.0. The number of likely N-dealkylation sites (tertiary alicyclic amines) is 1. The van der Waals surface area contributed by atoms with Crippen molar-refractivity contribution in [2.24, 2.45) is 0 Å². The molecule has 1 N–H and O–H groups in total. The summed E-state index contributed by atoms with van der Waals surface area (Å²) in [6.07, 6.45) is 1.35. The largest absolute Gasteiger partial charge is 0.476 e. The standard InChI is InChI=1S/C14H16FNO2/c15-13(14(17)18)12-7-4-8-16(10-12)9-11-5-2-1-3-6-11/h1-3,5-6H,4,7-10H2,(H,17,18). The van der Waals surface area contributed by atoms with Crippen molar-refractivity contribution in [1.82, 2.24) is 4.90 Å². The number of carboxylic acids is 1. The van der Waals surface area contributed by atoms with Gasteiger partial charge in [-0.1, -0.05) is 30.3 Å². The predicted octanol–water partition coefficient (Wildman–Crippen LogP) is 2.59. The monoisotopic (exact) mass is 249 g/mol. The molecule has 1 fully saturated rings. The Bertz CT molecular complexity index is 456. The van der Waals surface area contributed by atoms with Crippen LogP contribution in [0.1, 0.15) is 18.4 Å². The molecule has 0 radical (unpaired) electrons. The highest BCUT2D eigenvalue weighted by Crippen LogP contribution is 2.21. The van der Waals surface area contributed by atoms with Crippen molar-refractivity contribution >= 4 is 5.97 Å². The predicted molar refractivity (Wildman–Crippen MR) is 66.7 cm³/mol. The molecular weight excluding hydrogens is 233 g/mol. The van der Waals surface area contributed by atoms with Gasteiger partial charge in [0.05, 0.1) is 0 Å². The van der Waals surface area contributed by atoms with Gasteiger partial charge in [-0.15, -0.1) is 0 Å². The number of carbonyl (C=O) groups is 1. The minimum Gasteiger partial charge on any atom is -0.476 e. The summed E-state index contributed by atoms with van der Waals surface area (Å²) >= 11 is 0. The van der Waals surface area contributed by atoms with Crippen LogP contribution in [0.5, 0.6) is 0 Å². The molecule has 4 heteroatoms. The van der Waals surface area contributed by atoms with Gasteiger partial charge in [-0.3, -0.25) is 4.90 Å². The van der Waals surface area contributed by atoms with Gasteiger partial charge < -0.3 is 5.11 Å². The quantitative estimate of drug-likeness (QED) is 0.837. The molecule has 1 aromatic rings. The van der Waals surface area contributed by atoms with Crippen molar-refractivity contribution in [3.05, 3.63) is 47.3 Å². The molecule has 18 heavy (non-hydrogen) atoms. The number of aliphatic carboxylic acids is 1. The zero-order valence-electron chi connectivity index (χ0n) is 10.1. The van der Waals surface area contributed by atoms with Crippen LogP contribution in [0.25, 0.3) is 0 Å². The topological polar surface area (TPSA) is 40.5 Å². The number of hydrogen-bond donors (Lipinski definition) is 1. The van der Waals surface area contributed by atoms with Crippen LogP contribution in [0.15, 0.2) is 41.7 Å². The Hall–Kier alpha value is -1.68. The highest BCUT2D eigenvalue weighted by Gasteiger charge is 2.21. The lowest BCUT2D eigenvalue weighted by Gasteiger charge is -2.28. The van der Waals surface area contributed by atoms with E-state index in [0.29, 0.717) is 18.5 Å². The highest BCUT2D eigenvalue weighted by molar-refractivity contribution is 5.85. The fourth-order valence-electron chi connectivity index (χ4n) is 2.25. The second kappa shape index (κ2) is 5.78. The second-order valence-corrected chi connectivity index (χ2v) is 4.52. The highest BCUT2D eigenvalue weighted by atomic mass is 19.1. The smallest absolute Gasteiger partial charge is 0.364 e. The average Bonchev–Trinajstić information content (AvgIpc) is 2.39. The summed E-state index contributed by atoms with van der Waals surface area (Å²) in [5.74, 6) is -2.43. The summed E-state index contributed by atoms with van der Waals surface area (Å²) in [6, 6.07) is 9.92. The van der Waals surface area contributed by atoms with E-state index in [4.69, 9.17) is 5.11 Å². The number of halogens is 1. The third-order valence-corrected chi connectivity index (χ3v) is 3.11. The Labute approximate surface area is 106 Å². The Kier molecular flexibility index (Phi) is 4.10. The zero-order valence-corrected chi connectivity index (χ0v) is 10.1.